The summed E-state index contributed by atoms with van der Waals surface area (Å²) in [7, 11) is 0. The van der Waals surface area contributed by atoms with Gasteiger partial charge in [-0.05, 0) is 45.2 Å². The van der Waals surface area contributed by atoms with Gasteiger partial charge >= 0.3 is 0 Å². The van der Waals surface area contributed by atoms with Crippen molar-refractivity contribution in [1.82, 2.24) is 15.6 Å². The predicted molar refractivity (Wildman–Crippen MR) is 73.5 cm³/mol. The lowest BCUT2D eigenvalue weighted by Crippen LogP contribution is -2.41. The fourth-order valence-corrected chi connectivity index (χ4v) is 3.09. The molecule has 0 amide bonds. The zero-order valence-electron chi connectivity index (χ0n) is 11.0. The molecular weight excluding hydrogens is 230 g/mol. The van der Waals surface area contributed by atoms with Gasteiger partial charge in [0.2, 0.25) is 0 Å². The smallest absolute Gasteiger partial charge is 0.110 e. The van der Waals surface area contributed by atoms with Crippen molar-refractivity contribution in [1.29, 1.82) is 0 Å². The molecule has 0 saturated carbocycles. The first-order valence-corrected chi connectivity index (χ1v) is 7.33. The average Bonchev–Trinajstić information content (AvgIpc) is 2.74. The largest absolute Gasteiger partial charge is 0.317 e. The number of hydrogen-bond donors (Lipinski definition) is 2. The van der Waals surface area contributed by atoms with E-state index in [2.05, 4.69) is 41.8 Å². The van der Waals surface area contributed by atoms with E-state index >= 15 is 0 Å². The van der Waals surface area contributed by atoms with Gasteiger partial charge in [-0.3, -0.25) is 0 Å². The molecule has 1 aromatic heterocycles. The molecule has 4 heteroatoms. The standard InChI is InChI=1S/C13H23N3S/c1-10-8-17-12(16-10)11(2)15-9-13(3)4-6-14-7-5-13/h8,11,14-15H,4-7,9H2,1-3H3. The highest BCUT2D eigenvalue weighted by Gasteiger charge is 2.27. The molecule has 0 spiro atoms. The Morgan fingerprint density at radius 3 is 2.82 bits per heavy atom. The lowest BCUT2D eigenvalue weighted by Gasteiger charge is -2.35. The van der Waals surface area contributed by atoms with E-state index in [0.717, 1.165) is 25.3 Å². The summed E-state index contributed by atoms with van der Waals surface area (Å²) in [6, 6.07) is 0.375. The van der Waals surface area contributed by atoms with Crippen LogP contribution in [0.4, 0.5) is 0 Å². The number of nitrogens with one attached hydrogen (secondary N) is 2. The second kappa shape index (κ2) is 5.46. The van der Waals surface area contributed by atoms with Crippen molar-refractivity contribution in [2.45, 2.75) is 39.7 Å². The Morgan fingerprint density at radius 2 is 2.24 bits per heavy atom. The van der Waals surface area contributed by atoms with Gasteiger partial charge < -0.3 is 10.6 Å². The number of thiazole rings is 1. The highest BCUT2D eigenvalue weighted by atomic mass is 32.1. The minimum absolute atomic E-state index is 0.375. The molecule has 2 N–H and O–H groups in total. The van der Waals surface area contributed by atoms with Crippen molar-refractivity contribution in [3.63, 3.8) is 0 Å². The molecule has 1 atom stereocenters. The normalized spacial score (nSPS) is 21.4. The van der Waals surface area contributed by atoms with Gasteiger partial charge in [0.25, 0.3) is 0 Å². The summed E-state index contributed by atoms with van der Waals surface area (Å²) in [6.45, 7) is 10.1. The maximum Gasteiger partial charge on any atom is 0.110 e. The van der Waals surface area contributed by atoms with E-state index in [0.29, 0.717) is 11.5 Å². The second-order valence-electron chi connectivity index (χ2n) is 5.49. The molecule has 0 aromatic carbocycles. The molecule has 0 aliphatic carbocycles. The van der Waals surface area contributed by atoms with Gasteiger partial charge in [-0.2, -0.15) is 0 Å². The highest BCUT2D eigenvalue weighted by molar-refractivity contribution is 7.09. The van der Waals surface area contributed by atoms with Crippen LogP contribution in [0.1, 0.15) is 43.4 Å². The van der Waals surface area contributed by atoms with Crippen LogP contribution in [0.3, 0.4) is 0 Å². The van der Waals surface area contributed by atoms with Crippen LogP contribution in [0.15, 0.2) is 5.38 Å². The van der Waals surface area contributed by atoms with Crippen molar-refractivity contribution in [3.05, 3.63) is 16.1 Å². The van der Waals surface area contributed by atoms with Crippen LogP contribution in [0.25, 0.3) is 0 Å². The molecule has 1 unspecified atom stereocenters. The van der Waals surface area contributed by atoms with E-state index < -0.39 is 0 Å². The van der Waals surface area contributed by atoms with Crippen molar-refractivity contribution in [2.75, 3.05) is 19.6 Å². The van der Waals surface area contributed by atoms with Crippen molar-refractivity contribution < 1.29 is 0 Å². The van der Waals surface area contributed by atoms with Gasteiger partial charge in [0.05, 0.1) is 6.04 Å². The van der Waals surface area contributed by atoms with Gasteiger partial charge in [0.15, 0.2) is 0 Å². The van der Waals surface area contributed by atoms with E-state index in [4.69, 9.17) is 0 Å². The van der Waals surface area contributed by atoms with Gasteiger partial charge in [-0.25, -0.2) is 4.98 Å². The summed E-state index contributed by atoms with van der Waals surface area (Å²) in [5.74, 6) is 0. The first-order chi connectivity index (χ1) is 8.09. The summed E-state index contributed by atoms with van der Waals surface area (Å²) in [4.78, 5) is 4.54. The molecule has 1 aliphatic heterocycles. The van der Waals surface area contributed by atoms with Crippen LogP contribution in [-0.2, 0) is 0 Å². The molecular formula is C13H23N3S. The summed E-state index contributed by atoms with van der Waals surface area (Å²) in [5, 5.41) is 10.4. The summed E-state index contributed by atoms with van der Waals surface area (Å²) < 4.78 is 0. The number of hydrogen-bond acceptors (Lipinski definition) is 4. The van der Waals surface area contributed by atoms with Gasteiger partial charge in [-0.1, -0.05) is 6.92 Å². The monoisotopic (exact) mass is 253 g/mol. The molecule has 1 saturated heterocycles. The number of nitrogens with zero attached hydrogens (tertiary/aromatic N) is 1. The SMILES string of the molecule is Cc1csc(C(C)NCC2(C)CCNCC2)n1. The third kappa shape index (κ3) is 3.50. The molecule has 1 fully saturated rings. The van der Waals surface area contributed by atoms with Gasteiger partial charge in [0, 0.05) is 17.6 Å². The summed E-state index contributed by atoms with van der Waals surface area (Å²) in [6.07, 6.45) is 2.53. The average molecular weight is 253 g/mol. The lowest BCUT2D eigenvalue weighted by atomic mass is 9.81. The maximum absolute atomic E-state index is 4.54. The predicted octanol–water partition coefficient (Wildman–Crippen LogP) is 2.49. The lowest BCUT2D eigenvalue weighted by molar-refractivity contribution is 0.214. The van der Waals surface area contributed by atoms with Crippen molar-refractivity contribution in [3.8, 4) is 0 Å². The van der Waals surface area contributed by atoms with E-state index in [1.807, 2.05) is 0 Å². The van der Waals surface area contributed by atoms with Crippen LogP contribution < -0.4 is 10.6 Å². The van der Waals surface area contributed by atoms with Gasteiger partial charge in [-0.15, -0.1) is 11.3 Å². The molecule has 3 nitrogen and oxygen atoms in total. The minimum atomic E-state index is 0.375. The second-order valence-corrected chi connectivity index (χ2v) is 6.38. The minimum Gasteiger partial charge on any atom is -0.317 e. The van der Waals surface area contributed by atoms with E-state index in [9.17, 15) is 0 Å². The van der Waals surface area contributed by atoms with Crippen LogP contribution in [0.5, 0.6) is 0 Å². The quantitative estimate of drug-likeness (QED) is 0.865. The first kappa shape index (κ1) is 13.0. The van der Waals surface area contributed by atoms with E-state index in [1.54, 1.807) is 11.3 Å². The Hall–Kier alpha value is -0.450. The number of aromatic nitrogens is 1. The topological polar surface area (TPSA) is 37.0 Å². The van der Waals surface area contributed by atoms with E-state index in [1.165, 1.54) is 17.8 Å². The van der Waals surface area contributed by atoms with Crippen LogP contribution in [0, 0.1) is 12.3 Å². The van der Waals surface area contributed by atoms with E-state index in [-0.39, 0.29) is 0 Å². The molecule has 1 aliphatic rings. The molecule has 2 heterocycles. The fraction of sp³-hybridized carbons (Fsp3) is 0.769. The first-order valence-electron chi connectivity index (χ1n) is 6.45. The third-order valence-corrected chi connectivity index (χ3v) is 4.80. The summed E-state index contributed by atoms with van der Waals surface area (Å²) >= 11 is 1.76. The molecule has 96 valence electrons. The Labute approximate surface area is 108 Å². The van der Waals surface area contributed by atoms with Crippen LogP contribution in [0.2, 0.25) is 0 Å². The number of rotatable bonds is 4. The molecule has 0 radical (unpaired) electrons. The fourth-order valence-electron chi connectivity index (χ4n) is 2.26. The highest BCUT2D eigenvalue weighted by Crippen LogP contribution is 2.28. The zero-order chi connectivity index (χ0) is 12.3. The van der Waals surface area contributed by atoms with Crippen LogP contribution in [-0.4, -0.2) is 24.6 Å². The Morgan fingerprint density at radius 1 is 1.53 bits per heavy atom. The van der Waals surface area contributed by atoms with Crippen molar-refractivity contribution >= 4 is 11.3 Å². The van der Waals surface area contributed by atoms with Crippen molar-refractivity contribution in [2.24, 2.45) is 5.41 Å². The zero-order valence-corrected chi connectivity index (χ0v) is 11.9. The molecule has 0 bridgehead atoms. The van der Waals surface area contributed by atoms with Crippen LogP contribution >= 0.6 is 11.3 Å². The number of aryl methyl sites for hydroxylation is 1. The summed E-state index contributed by atoms with van der Waals surface area (Å²) in [5.41, 5.74) is 1.58. The Kier molecular flexibility index (Phi) is 4.17. The molecule has 1 aromatic rings. The Balaban J connectivity index is 1.85. The maximum atomic E-state index is 4.54. The molecule has 17 heavy (non-hydrogen) atoms. The van der Waals surface area contributed by atoms with Gasteiger partial charge in [0.1, 0.15) is 5.01 Å². The molecule has 2 rings (SSSR count). The number of piperidine rings is 1. The third-order valence-electron chi connectivity index (χ3n) is 3.65. The Bertz CT molecular complexity index is 355.